The quantitative estimate of drug-likeness (QED) is 0.904. The van der Waals surface area contributed by atoms with E-state index in [9.17, 15) is 4.79 Å². The molecule has 2 aliphatic carbocycles. The predicted molar refractivity (Wildman–Crippen MR) is 86.0 cm³/mol. The maximum atomic E-state index is 12.5. The Morgan fingerprint density at radius 2 is 2.05 bits per heavy atom. The van der Waals surface area contributed by atoms with Gasteiger partial charge in [0.05, 0.1) is 0 Å². The Labute approximate surface area is 130 Å². The van der Waals surface area contributed by atoms with Gasteiger partial charge in [-0.05, 0) is 50.2 Å². The molecule has 2 unspecified atom stereocenters. The number of benzene rings is 1. The van der Waals surface area contributed by atoms with Crippen LogP contribution < -0.4 is 5.32 Å². The van der Waals surface area contributed by atoms with Crippen molar-refractivity contribution >= 4 is 11.7 Å². The third-order valence-corrected chi connectivity index (χ3v) is 4.99. The molecule has 1 aromatic heterocycles. The van der Waals surface area contributed by atoms with Crippen LogP contribution in [0.15, 0.2) is 24.3 Å². The minimum Gasteiger partial charge on any atom is -0.309 e. The molecule has 2 aliphatic rings. The number of carbonyl (C=O) groups is 1. The van der Waals surface area contributed by atoms with Crippen LogP contribution >= 0.6 is 0 Å². The Kier molecular flexibility index (Phi) is 3.06. The maximum Gasteiger partial charge on any atom is 0.229 e. The van der Waals surface area contributed by atoms with Crippen LogP contribution in [-0.4, -0.2) is 16.1 Å². The summed E-state index contributed by atoms with van der Waals surface area (Å²) in [5.74, 6) is 1.89. The average molecular weight is 295 g/mol. The summed E-state index contributed by atoms with van der Waals surface area (Å²) < 4.78 is 0. The van der Waals surface area contributed by atoms with Gasteiger partial charge in [-0.1, -0.05) is 24.3 Å². The number of carbonyl (C=O) groups excluding carboxylic acids is 1. The number of aromatic nitrogens is 2. The highest BCUT2D eigenvalue weighted by Crippen LogP contribution is 2.49. The summed E-state index contributed by atoms with van der Waals surface area (Å²) in [6.07, 6.45) is 3.40. The summed E-state index contributed by atoms with van der Waals surface area (Å²) in [5.41, 5.74) is 4.88. The van der Waals surface area contributed by atoms with E-state index in [2.05, 4.69) is 40.6 Å². The van der Waals surface area contributed by atoms with Crippen LogP contribution in [0.2, 0.25) is 0 Å². The smallest absolute Gasteiger partial charge is 0.229 e. The molecule has 4 heteroatoms. The van der Waals surface area contributed by atoms with Gasteiger partial charge >= 0.3 is 0 Å². The van der Waals surface area contributed by atoms with E-state index < -0.39 is 0 Å². The molecule has 2 atom stereocenters. The van der Waals surface area contributed by atoms with Gasteiger partial charge in [0.1, 0.15) is 0 Å². The zero-order valence-corrected chi connectivity index (χ0v) is 13.0. The molecule has 2 saturated carbocycles. The minimum absolute atomic E-state index is 0.0848. The van der Waals surface area contributed by atoms with Crippen LogP contribution in [0.4, 0.5) is 5.82 Å². The first-order valence-electron chi connectivity index (χ1n) is 8.06. The lowest BCUT2D eigenvalue weighted by molar-refractivity contribution is -0.117. The molecule has 4 nitrogen and oxygen atoms in total. The zero-order chi connectivity index (χ0) is 15.3. The highest BCUT2D eigenvalue weighted by atomic mass is 16.2. The molecule has 4 rings (SSSR count). The predicted octanol–water partition coefficient (Wildman–Crippen LogP) is 3.65. The summed E-state index contributed by atoms with van der Waals surface area (Å²) in [4.78, 5) is 12.5. The van der Waals surface area contributed by atoms with E-state index >= 15 is 0 Å². The maximum absolute atomic E-state index is 12.5. The molecule has 0 bridgehead atoms. The first kappa shape index (κ1) is 13.6. The fourth-order valence-corrected chi connectivity index (χ4v) is 3.34. The normalized spacial score (nSPS) is 23.4. The van der Waals surface area contributed by atoms with Crippen molar-refractivity contribution in [3.05, 3.63) is 46.6 Å². The Morgan fingerprint density at radius 3 is 2.77 bits per heavy atom. The van der Waals surface area contributed by atoms with Crippen molar-refractivity contribution in [2.24, 2.45) is 5.92 Å². The number of nitrogens with zero attached hydrogens (tertiary/aromatic N) is 1. The molecule has 22 heavy (non-hydrogen) atoms. The number of hydrogen-bond donors (Lipinski definition) is 2. The molecule has 2 fully saturated rings. The highest BCUT2D eigenvalue weighted by molar-refractivity contribution is 5.95. The third kappa shape index (κ3) is 2.32. The second-order valence-electron chi connectivity index (χ2n) is 6.68. The minimum atomic E-state index is 0.0848. The Balaban J connectivity index is 1.45. The van der Waals surface area contributed by atoms with Crippen LogP contribution in [0, 0.1) is 19.8 Å². The molecule has 0 radical (unpaired) electrons. The van der Waals surface area contributed by atoms with E-state index in [-0.39, 0.29) is 11.8 Å². The summed E-state index contributed by atoms with van der Waals surface area (Å²) >= 11 is 0. The summed E-state index contributed by atoms with van der Waals surface area (Å²) in [5, 5.41) is 10.4. The number of aromatic amines is 1. The molecule has 0 spiro atoms. The average Bonchev–Trinajstić information content (AvgIpc) is 3.41. The van der Waals surface area contributed by atoms with Gasteiger partial charge < -0.3 is 5.32 Å². The van der Waals surface area contributed by atoms with E-state index in [1.54, 1.807) is 0 Å². The topological polar surface area (TPSA) is 57.8 Å². The number of anilines is 1. The number of rotatable bonds is 4. The van der Waals surface area contributed by atoms with E-state index in [4.69, 9.17) is 0 Å². The fraction of sp³-hybridized carbons (Fsp3) is 0.444. The van der Waals surface area contributed by atoms with Crippen molar-refractivity contribution in [1.29, 1.82) is 0 Å². The van der Waals surface area contributed by atoms with Gasteiger partial charge in [-0.15, -0.1) is 0 Å². The largest absolute Gasteiger partial charge is 0.309 e. The molecular weight excluding hydrogens is 274 g/mol. The number of aryl methyl sites for hydroxylation is 1. The van der Waals surface area contributed by atoms with Crippen LogP contribution in [0.3, 0.4) is 0 Å². The zero-order valence-electron chi connectivity index (χ0n) is 13.0. The molecule has 1 aromatic carbocycles. The van der Waals surface area contributed by atoms with Crippen molar-refractivity contribution in [1.82, 2.24) is 10.2 Å². The SMILES string of the molecule is Cc1ccccc1C1CC1C(=O)Nc1n[nH]c(C2CC2)c1C. The Bertz CT molecular complexity index is 730. The monoisotopic (exact) mass is 295 g/mol. The van der Waals surface area contributed by atoms with Gasteiger partial charge in [-0.2, -0.15) is 5.10 Å². The van der Waals surface area contributed by atoms with Gasteiger partial charge in [0.15, 0.2) is 5.82 Å². The van der Waals surface area contributed by atoms with Crippen molar-refractivity contribution in [3.63, 3.8) is 0 Å². The molecule has 1 amide bonds. The van der Waals surface area contributed by atoms with Gasteiger partial charge in [0.2, 0.25) is 5.91 Å². The molecule has 2 aromatic rings. The second-order valence-corrected chi connectivity index (χ2v) is 6.68. The Hall–Kier alpha value is -2.10. The summed E-state index contributed by atoms with van der Waals surface area (Å²) in [7, 11) is 0. The number of hydrogen-bond acceptors (Lipinski definition) is 2. The molecule has 0 aliphatic heterocycles. The molecule has 1 heterocycles. The molecule has 114 valence electrons. The summed E-state index contributed by atoms with van der Waals surface area (Å²) in [6.45, 7) is 4.15. The first-order valence-corrected chi connectivity index (χ1v) is 8.06. The second kappa shape index (κ2) is 4.97. The van der Waals surface area contributed by atoms with Crippen molar-refractivity contribution in [2.75, 3.05) is 5.32 Å². The highest BCUT2D eigenvalue weighted by Gasteiger charge is 2.44. The van der Waals surface area contributed by atoms with Crippen LogP contribution in [0.5, 0.6) is 0 Å². The fourth-order valence-electron chi connectivity index (χ4n) is 3.34. The van der Waals surface area contributed by atoms with E-state index in [0.717, 1.165) is 12.0 Å². The number of H-pyrrole nitrogens is 1. The molecule has 0 saturated heterocycles. The van der Waals surface area contributed by atoms with Gasteiger partial charge in [0.25, 0.3) is 0 Å². The van der Waals surface area contributed by atoms with Crippen molar-refractivity contribution < 1.29 is 4.79 Å². The molecule has 2 N–H and O–H groups in total. The lowest BCUT2D eigenvalue weighted by Gasteiger charge is -2.05. The number of amides is 1. The summed E-state index contributed by atoms with van der Waals surface area (Å²) in [6, 6.07) is 8.35. The van der Waals surface area contributed by atoms with E-state index in [1.165, 1.54) is 29.7 Å². The first-order chi connectivity index (χ1) is 10.6. The lowest BCUT2D eigenvalue weighted by atomic mass is 10.0. The van der Waals surface area contributed by atoms with Crippen LogP contribution in [-0.2, 0) is 4.79 Å². The third-order valence-electron chi connectivity index (χ3n) is 4.99. The lowest BCUT2D eigenvalue weighted by Crippen LogP contribution is -2.15. The van der Waals surface area contributed by atoms with Crippen LogP contribution in [0.25, 0.3) is 0 Å². The van der Waals surface area contributed by atoms with E-state index in [1.807, 2.05) is 13.0 Å². The molecular formula is C18H21N3O. The van der Waals surface area contributed by atoms with Crippen LogP contribution in [0.1, 0.15) is 53.5 Å². The number of nitrogens with one attached hydrogen (secondary N) is 2. The standard InChI is InChI=1S/C18H21N3O/c1-10-5-3-4-6-13(10)14-9-15(14)18(22)19-17-11(2)16(20-21-17)12-7-8-12/h3-6,12,14-15H,7-9H2,1-2H3,(H2,19,20,21,22). The van der Waals surface area contributed by atoms with Gasteiger partial charge in [0, 0.05) is 23.1 Å². The van der Waals surface area contributed by atoms with Gasteiger partial charge in [-0.3, -0.25) is 9.89 Å². The van der Waals surface area contributed by atoms with Crippen molar-refractivity contribution in [2.45, 2.75) is 44.9 Å². The Morgan fingerprint density at radius 1 is 1.27 bits per heavy atom. The van der Waals surface area contributed by atoms with Gasteiger partial charge in [-0.25, -0.2) is 0 Å². The van der Waals surface area contributed by atoms with E-state index in [0.29, 0.717) is 17.7 Å². The van der Waals surface area contributed by atoms with Crippen molar-refractivity contribution in [3.8, 4) is 0 Å².